The highest BCUT2D eigenvalue weighted by molar-refractivity contribution is 5.85. The highest BCUT2D eigenvalue weighted by atomic mass is 14.9. The Balaban J connectivity index is 0.923. The molecule has 1 saturated carbocycles. The van der Waals surface area contributed by atoms with Gasteiger partial charge in [-0.2, -0.15) is 0 Å². The van der Waals surface area contributed by atoms with Gasteiger partial charge in [0.1, 0.15) is 0 Å². The lowest BCUT2D eigenvalue weighted by molar-refractivity contribution is 0.353. The van der Waals surface area contributed by atoms with Crippen molar-refractivity contribution in [2.75, 3.05) is 0 Å². The fraction of sp³-hybridized carbons (Fsp3) is 0.103. The third-order valence-electron chi connectivity index (χ3n) is 12.9. The van der Waals surface area contributed by atoms with Gasteiger partial charge in [-0.1, -0.05) is 195 Å². The van der Waals surface area contributed by atoms with Crippen molar-refractivity contribution in [3.63, 3.8) is 0 Å². The van der Waals surface area contributed by atoms with Crippen LogP contribution in [-0.2, 0) is 5.41 Å². The number of aromatic nitrogens is 2. The Morgan fingerprint density at radius 2 is 0.717 bits per heavy atom. The molecule has 0 bridgehead atoms. The minimum Gasteiger partial charge on any atom is -0.228 e. The molecule has 2 aliphatic carbocycles. The van der Waals surface area contributed by atoms with Crippen LogP contribution in [0.3, 0.4) is 0 Å². The third-order valence-corrected chi connectivity index (χ3v) is 12.9. The lowest BCUT2D eigenvalue weighted by Gasteiger charge is -2.36. The fourth-order valence-corrected chi connectivity index (χ4v) is 9.87. The van der Waals surface area contributed by atoms with Crippen molar-refractivity contribution in [1.29, 1.82) is 0 Å². The van der Waals surface area contributed by atoms with Gasteiger partial charge in [0.2, 0.25) is 0 Å². The van der Waals surface area contributed by atoms with Crippen LogP contribution < -0.4 is 0 Å². The van der Waals surface area contributed by atoms with Crippen LogP contribution in [0.25, 0.3) is 89.5 Å². The molecule has 0 atom stereocenters. The zero-order valence-electron chi connectivity index (χ0n) is 33.6. The number of hydrogen-bond acceptors (Lipinski definition) is 2. The van der Waals surface area contributed by atoms with E-state index in [-0.39, 0.29) is 5.41 Å². The maximum absolute atomic E-state index is 5.15. The SMILES string of the molecule is c1ccc(-c2ccc(-c3cc(-c4cccc(-c5cccc(-c6cccc(-c7ccc8c(c7)C7(CCCCC7)c7ccccc7-8)c6)c5)c4)nc(-c4ccccc4)n3)cc2)cc1. The first-order valence-electron chi connectivity index (χ1n) is 21.4. The van der Waals surface area contributed by atoms with Gasteiger partial charge in [-0.15, -0.1) is 0 Å². The van der Waals surface area contributed by atoms with Crippen molar-refractivity contribution in [3.8, 4) is 89.5 Å². The number of fused-ring (bicyclic) bond motifs is 5. The maximum atomic E-state index is 5.15. The molecule has 8 aromatic carbocycles. The molecule has 2 heteroatoms. The summed E-state index contributed by atoms with van der Waals surface area (Å²) in [5, 5.41) is 0. The van der Waals surface area contributed by atoms with Crippen LogP contribution in [0.1, 0.15) is 43.2 Å². The van der Waals surface area contributed by atoms with E-state index < -0.39 is 0 Å². The minimum absolute atomic E-state index is 0.144. The molecule has 2 aliphatic rings. The highest BCUT2D eigenvalue weighted by Gasteiger charge is 2.43. The van der Waals surface area contributed by atoms with E-state index in [2.05, 4.69) is 188 Å². The zero-order valence-corrected chi connectivity index (χ0v) is 33.6. The Kier molecular flexibility index (Phi) is 9.12. The van der Waals surface area contributed by atoms with E-state index >= 15 is 0 Å². The molecular weight excluding hydrogens is 725 g/mol. The van der Waals surface area contributed by atoms with Crippen LogP contribution in [0.5, 0.6) is 0 Å². The second-order valence-corrected chi connectivity index (χ2v) is 16.5. The Bertz CT molecular complexity index is 2990. The molecule has 1 heterocycles. The predicted octanol–water partition coefficient (Wildman–Crippen LogP) is 15.4. The summed E-state index contributed by atoms with van der Waals surface area (Å²) >= 11 is 0. The molecule has 1 spiro atoms. The molecule has 1 fully saturated rings. The molecule has 0 N–H and O–H groups in total. The van der Waals surface area contributed by atoms with E-state index in [1.54, 1.807) is 0 Å². The summed E-state index contributed by atoms with van der Waals surface area (Å²) in [5.41, 5.74) is 20.6. The topological polar surface area (TPSA) is 25.8 Å². The Morgan fingerprint density at radius 1 is 0.283 bits per heavy atom. The second-order valence-electron chi connectivity index (χ2n) is 16.5. The molecule has 0 amide bonds. The summed E-state index contributed by atoms with van der Waals surface area (Å²) in [4.78, 5) is 10.2. The smallest absolute Gasteiger partial charge is 0.160 e. The van der Waals surface area contributed by atoms with E-state index in [1.165, 1.54) is 93.3 Å². The summed E-state index contributed by atoms with van der Waals surface area (Å²) in [7, 11) is 0. The van der Waals surface area contributed by atoms with E-state index in [0.717, 1.165) is 33.6 Å². The first-order chi connectivity index (χ1) is 29.7. The summed E-state index contributed by atoms with van der Waals surface area (Å²) in [6.07, 6.45) is 6.41. The van der Waals surface area contributed by atoms with Gasteiger partial charge < -0.3 is 0 Å². The summed E-state index contributed by atoms with van der Waals surface area (Å²) in [6.45, 7) is 0. The van der Waals surface area contributed by atoms with Gasteiger partial charge in [0, 0.05) is 22.1 Å². The number of hydrogen-bond donors (Lipinski definition) is 0. The first kappa shape index (κ1) is 36.0. The van der Waals surface area contributed by atoms with Crippen molar-refractivity contribution in [2.24, 2.45) is 0 Å². The van der Waals surface area contributed by atoms with E-state index in [4.69, 9.17) is 9.97 Å². The molecule has 0 radical (unpaired) electrons. The number of rotatable bonds is 7. The van der Waals surface area contributed by atoms with Crippen LogP contribution in [0.4, 0.5) is 0 Å². The van der Waals surface area contributed by atoms with Crippen LogP contribution >= 0.6 is 0 Å². The molecule has 60 heavy (non-hydrogen) atoms. The molecule has 9 aromatic rings. The van der Waals surface area contributed by atoms with E-state index in [0.29, 0.717) is 5.82 Å². The lowest BCUT2D eigenvalue weighted by atomic mass is 9.67. The van der Waals surface area contributed by atoms with Gasteiger partial charge in [-0.25, -0.2) is 9.97 Å². The van der Waals surface area contributed by atoms with E-state index in [1.807, 2.05) is 18.2 Å². The van der Waals surface area contributed by atoms with Gasteiger partial charge in [-0.05, 0) is 110 Å². The first-order valence-corrected chi connectivity index (χ1v) is 21.4. The normalized spacial score (nSPS) is 13.8. The van der Waals surface area contributed by atoms with Crippen LogP contribution in [0, 0.1) is 0 Å². The number of nitrogens with zero attached hydrogens (tertiary/aromatic N) is 2. The third kappa shape index (κ3) is 6.55. The van der Waals surface area contributed by atoms with Crippen LogP contribution in [0.15, 0.2) is 206 Å². The zero-order chi connectivity index (χ0) is 39.9. The van der Waals surface area contributed by atoms with Crippen molar-refractivity contribution < 1.29 is 0 Å². The second kappa shape index (κ2) is 15.2. The van der Waals surface area contributed by atoms with Crippen molar-refractivity contribution in [1.82, 2.24) is 9.97 Å². The highest BCUT2D eigenvalue weighted by Crippen LogP contribution is 2.56. The molecule has 0 saturated heterocycles. The van der Waals surface area contributed by atoms with Gasteiger partial charge in [-0.3, -0.25) is 0 Å². The quantitative estimate of drug-likeness (QED) is 0.161. The van der Waals surface area contributed by atoms with Crippen molar-refractivity contribution in [3.05, 3.63) is 217 Å². The molecule has 11 rings (SSSR count). The average molecular weight is 769 g/mol. The van der Waals surface area contributed by atoms with Crippen LogP contribution in [-0.4, -0.2) is 9.97 Å². The lowest BCUT2D eigenvalue weighted by Crippen LogP contribution is -2.28. The molecule has 1 aromatic heterocycles. The van der Waals surface area contributed by atoms with Gasteiger partial charge in [0.05, 0.1) is 11.4 Å². The minimum atomic E-state index is 0.144. The van der Waals surface area contributed by atoms with E-state index in [9.17, 15) is 0 Å². The molecule has 286 valence electrons. The Hall–Kier alpha value is -7.16. The monoisotopic (exact) mass is 768 g/mol. The molecule has 2 nitrogen and oxygen atoms in total. The molecule has 0 unspecified atom stereocenters. The van der Waals surface area contributed by atoms with Gasteiger partial charge in [0.25, 0.3) is 0 Å². The predicted molar refractivity (Wildman–Crippen MR) is 249 cm³/mol. The van der Waals surface area contributed by atoms with Crippen molar-refractivity contribution >= 4 is 0 Å². The Morgan fingerprint density at radius 3 is 1.35 bits per heavy atom. The Labute approximate surface area is 353 Å². The summed E-state index contributed by atoms with van der Waals surface area (Å²) in [6, 6.07) is 74.8. The average Bonchev–Trinajstić information content (AvgIpc) is 3.60. The summed E-state index contributed by atoms with van der Waals surface area (Å²) in [5.74, 6) is 0.712. The molecular formula is C58H44N2. The fourth-order valence-electron chi connectivity index (χ4n) is 9.87. The summed E-state index contributed by atoms with van der Waals surface area (Å²) < 4.78 is 0. The molecule has 0 aliphatic heterocycles. The standard InChI is InChI=1S/C58H44N2/c1-4-15-40(16-5-1)41-27-29-42(30-28-41)55-39-56(60-57(59-55)43-17-6-2-7-18-43)50-24-14-23-48(37-50)46-21-12-19-44(35-46)45-20-13-22-47(36-45)49-31-32-52-51-25-8-9-26-53(51)58(54(52)38-49)33-10-3-11-34-58/h1-2,4-9,12-32,35-39H,3,10-11,33-34H2. The van der Waals surface area contributed by atoms with Gasteiger partial charge in [0.15, 0.2) is 5.82 Å². The maximum Gasteiger partial charge on any atom is 0.160 e. The van der Waals surface area contributed by atoms with Crippen molar-refractivity contribution in [2.45, 2.75) is 37.5 Å². The van der Waals surface area contributed by atoms with Gasteiger partial charge >= 0.3 is 0 Å². The largest absolute Gasteiger partial charge is 0.228 e. The number of benzene rings is 8. The van der Waals surface area contributed by atoms with Crippen LogP contribution in [0.2, 0.25) is 0 Å².